The van der Waals surface area contributed by atoms with E-state index in [1.165, 1.54) is 17.5 Å². The zero-order valence-corrected chi connectivity index (χ0v) is 22.4. The summed E-state index contributed by atoms with van der Waals surface area (Å²) in [5.74, 6) is -0.00731. The molecule has 4 rings (SSSR count). The van der Waals surface area contributed by atoms with Crippen LogP contribution in [0.5, 0.6) is 0 Å². The smallest absolute Gasteiger partial charge is 0.338 e. The molecule has 36 heavy (non-hydrogen) atoms. The molecule has 0 radical (unpaired) electrons. The lowest BCUT2D eigenvalue weighted by Crippen LogP contribution is -2.34. The van der Waals surface area contributed by atoms with Crippen LogP contribution in [-0.4, -0.2) is 47.0 Å². The van der Waals surface area contributed by atoms with Crippen LogP contribution in [0, 0.1) is 11.8 Å². The molecule has 0 aromatic heterocycles. The van der Waals surface area contributed by atoms with Gasteiger partial charge in [0.2, 0.25) is 0 Å². The number of hydrogen-bond donors (Lipinski definition) is 0. The van der Waals surface area contributed by atoms with Gasteiger partial charge in [0.05, 0.1) is 29.8 Å². The number of nitrogens with zero attached hydrogens (tertiary/aromatic N) is 2. The van der Waals surface area contributed by atoms with Gasteiger partial charge in [0.15, 0.2) is 0 Å². The maximum atomic E-state index is 14.0. The van der Waals surface area contributed by atoms with E-state index < -0.39 is 16.0 Å². The number of carbonyl (C=O) groups is 1. The molecule has 0 bridgehead atoms. The van der Waals surface area contributed by atoms with Crippen LogP contribution in [0.25, 0.3) is 0 Å². The molecule has 8 heteroatoms. The molecule has 0 N–H and O–H groups in total. The Morgan fingerprint density at radius 2 is 1.86 bits per heavy atom. The Morgan fingerprint density at radius 1 is 1.17 bits per heavy atom. The van der Waals surface area contributed by atoms with E-state index in [-0.39, 0.29) is 16.4 Å². The Hall–Kier alpha value is -2.71. The average Bonchev–Trinajstić information content (AvgIpc) is 3.29. The molecule has 2 heterocycles. The van der Waals surface area contributed by atoms with Crippen molar-refractivity contribution in [2.45, 2.75) is 57.9 Å². The van der Waals surface area contributed by atoms with Crippen molar-refractivity contribution in [3.63, 3.8) is 0 Å². The molecule has 7 nitrogen and oxygen atoms in total. The first kappa shape index (κ1) is 26.4. The van der Waals surface area contributed by atoms with E-state index in [0.717, 1.165) is 61.3 Å². The molecule has 2 aromatic carbocycles. The Kier molecular flexibility index (Phi) is 8.15. The van der Waals surface area contributed by atoms with E-state index in [2.05, 4.69) is 6.92 Å². The highest BCUT2D eigenvalue weighted by Crippen LogP contribution is 2.34. The molecule has 1 fully saturated rings. The van der Waals surface area contributed by atoms with Gasteiger partial charge in [0.25, 0.3) is 10.0 Å². The van der Waals surface area contributed by atoms with E-state index in [1.807, 2.05) is 38.1 Å². The molecule has 0 aliphatic carbocycles. The predicted molar refractivity (Wildman–Crippen MR) is 141 cm³/mol. The first-order valence-corrected chi connectivity index (χ1v) is 14.2. The fourth-order valence-electron chi connectivity index (χ4n) is 4.91. The molecular weight excluding hydrogens is 476 g/mol. The topological polar surface area (TPSA) is 85.3 Å². The minimum Gasteiger partial charge on any atom is -0.465 e. The number of fused-ring (bicyclic) bond motifs is 1. The summed E-state index contributed by atoms with van der Waals surface area (Å²) in [6.07, 6.45) is 3.53. The van der Waals surface area contributed by atoms with Crippen LogP contribution < -0.4 is 4.31 Å². The Morgan fingerprint density at radius 3 is 2.47 bits per heavy atom. The maximum Gasteiger partial charge on any atom is 0.338 e. The number of hydrogen-bond acceptors (Lipinski definition) is 6. The van der Waals surface area contributed by atoms with Gasteiger partial charge in [0.1, 0.15) is 0 Å². The second-order valence-corrected chi connectivity index (χ2v) is 11.8. The predicted octanol–water partition coefficient (Wildman–Crippen LogP) is 5.01. The van der Waals surface area contributed by atoms with Gasteiger partial charge in [0, 0.05) is 31.0 Å². The molecular formula is C28H36N2O5S. The first-order valence-electron chi connectivity index (χ1n) is 12.7. The van der Waals surface area contributed by atoms with Crippen molar-refractivity contribution in [2.24, 2.45) is 16.8 Å². The number of anilines is 1. The van der Waals surface area contributed by atoms with Crippen molar-refractivity contribution in [3.8, 4) is 0 Å². The SMILES string of the molecule is CCc1ccc(N(CC(C)C)S(=O)(=O)c2cc3c(c(C(=O)OC)c2)C(CC2CCOCC2)=NC3)cc1. The Bertz CT molecular complexity index is 1230. The molecule has 0 amide bonds. The molecule has 2 aromatic rings. The first-order chi connectivity index (χ1) is 17.2. The Balaban J connectivity index is 1.75. The number of carbonyl (C=O) groups excluding carboxylic acids is 1. The monoisotopic (exact) mass is 512 g/mol. The summed E-state index contributed by atoms with van der Waals surface area (Å²) in [7, 11) is -2.62. The van der Waals surface area contributed by atoms with E-state index in [4.69, 9.17) is 14.5 Å². The quantitative estimate of drug-likeness (QED) is 0.441. The maximum absolute atomic E-state index is 14.0. The van der Waals surface area contributed by atoms with Crippen molar-refractivity contribution in [1.82, 2.24) is 0 Å². The van der Waals surface area contributed by atoms with Gasteiger partial charge in [-0.15, -0.1) is 0 Å². The third-order valence-corrected chi connectivity index (χ3v) is 8.67. The number of sulfonamides is 1. The highest BCUT2D eigenvalue weighted by Gasteiger charge is 2.32. The summed E-state index contributed by atoms with van der Waals surface area (Å²) in [5, 5.41) is 0. The van der Waals surface area contributed by atoms with E-state index >= 15 is 0 Å². The minimum absolute atomic E-state index is 0.0874. The van der Waals surface area contributed by atoms with Crippen molar-refractivity contribution in [1.29, 1.82) is 0 Å². The molecule has 2 aliphatic rings. The van der Waals surface area contributed by atoms with Crippen LogP contribution in [-0.2, 0) is 32.5 Å². The summed E-state index contributed by atoms with van der Waals surface area (Å²) in [5.41, 5.74) is 4.36. The number of methoxy groups -OCH3 is 1. The lowest BCUT2D eigenvalue weighted by molar-refractivity contribution is 0.0599. The summed E-state index contributed by atoms with van der Waals surface area (Å²) in [6.45, 7) is 8.19. The van der Waals surface area contributed by atoms with Crippen LogP contribution in [0.4, 0.5) is 5.69 Å². The average molecular weight is 513 g/mol. The molecule has 0 spiro atoms. The largest absolute Gasteiger partial charge is 0.465 e. The van der Waals surface area contributed by atoms with Crippen LogP contribution in [0.2, 0.25) is 0 Å². The molecule has 0 unspecified atom stereocenters. The lowest BCUT2D eigenvalue weighted by Gasteiger charge is -2.27. The van der Waals surface area contributed by atoms with Crippen molar-refractivity contribution in [3.05, 3.63) is 58.7 Å². The molecule has 2 aliphatic heterocycles. The number of benzene rings is 2. The fourth-order valence-corrected chi connectivity index (χ4v) is 6.61. The number of aliphatic imine (C=N–C) groups is 1. The lowest BCUT2D eigenvalue weighted by atomic mass is 9.89. The summed E-state index contributed by atoms with van der Waals surface area (Å²) < 4.78 is 40.0. The van der Waals surface area contributed by atoms with E-state index in [9.17, 15) is 13.2 Å². The number of ether oxygens (including phenoxy) is 2. The number of esters is 1. The standard InChI is InChI=1S/C28H36N2O5S/c1-5-20-6-8-23(9-7-20)30(18-19(2)3)36(32,33)24-15-22-17-29-26(14-21-10-12-35-13-11-21)27(22)25(16-24)28(31)34-4/h6-9,15-16,19,21H,5,10-14,17-18H2,1-4H3. The van der Waals surface area contributed by atoms with Crippen LogP contribution in [0.1, 0.15) is 67.1 Å². The third kappa shape index (κ3) is 5.49. The highest BCUT2D eigenvalue weighted by molar-refractivity contribution is 7.92. The fraction of sp³-hybridized carbons (Fsp3) is 0.500. The van der Waals surface area contributed by atoms with Crippen LogP contribution >= 0.6 is 0 Å². The molecule has 194 valence electrons. The molecule has 1 saturated heterocycles. The van der Waals surface area contributed by atoms with Gasteiger partial charge >= 0.3 is 5.97 Å². The minimum atomic E-state index is -3.94. The Labute approximate surface area is 214 Å². The zero-order valence-electron chi connectivity index (χ0n) is 21.6. The third-order valence-electron chi connectivity index (χ3n) is 6.90. The van der Waals surface area contributed by atoms with Gasteiger partial charge in [-0.2, -0.15) is 0 Å². The molecule has 0 atom stereocenters. The van der Waals surface area contributed by atoms with E-state index in [1.54, 1.807) is 6.07 Å². The van der Waals surface area contributed by atoms with E-state index in [0.29, 0.717) is 24.7 Å². The second kappa shape index (κ2) is 11.1. The number of aryl methyl sites for hydroxylation is 1. The van der Waals surface area contributed by atoms with Gasteiger partial charge in [-0.05, 0) is 72.9 Å². The highest BCUT2D eigenvalue weighted by atomic mass is 32.2. The van der Waals surface area contributed by atoms with Crippen molar-refractivity contribution < 1.29 is 22.7 Å². The van der Waals surface area contributed by atoms with Crippen molar-refractivity contribution in [2.75, 3.05) is 31.2 Å². The summed E-state index contributed by atoms with van der Waals surface area (Å²) >= 11 is 0. The van der Waals surface area contributed by atoms with Gasteiger partial charge < -0.3 is 9.47 Å². The number of rotatable bonds is 9. The van der Waals surface area contributed by atoms with Crippen molar-refractivity contribution >= 4 is 27.4 Å². The summed E-state index contributed by atoms with van der Waals surface area (Å²) in [6, 6.07) is 10.8. The van der Waals surface area contributed by atoms with Crippen LogP contribution in [0.15, 0.2) is 46.3 Å². The second-order valence-electron chi connectivity index (χ2n) is 9.97. The normalized spacial score (nSPS) is 16.1. The van der Waals surface area contributed by atoms with Gasteiger partial charge in [-0.3, -0.25) is 9.30 Å². The van der Waals surface area contributed by atoms with Gasteiger partial charge in [-0.25, -0.2) is 13.2 Å². The van der Waals surface area contributed by atoms with Crippen LogP contribution in [0.3, 0.4) is 0 Å². The summed E-state index contributed by atoms with van der Waals surface area (Å²) in [4.78, 5) is 17.7. The molecule has 0 saturated carbocycles. The van der Waals surface area contributed by atoms with Gasteiger partial charge in [-0.1, -0.05) is 32.9 Å². The zero-order chi connectivity index (χ0) is 25.9.